The quantitative estimate of drug-likeness (QED) is 0.907. The van der Waals surface area contributed by atoms with E-state index in [2.05, 4.69) is 34.3 Å². The Morgan fingerprint density at radius 2 is 2.13 bits per heavy atom. The van der Waals surface area contributed by atoms with E-state index in [9.17, 15) is 4.79 Å². The number of rotatable bonds is 4. The molecular weight excluding hydrogens is 292 g/mol. The summed E-state index contributed by atoms with van der Waals surface area (Å²) in [7, 11) is 0. The number of amides is 1. The van der Waals surface area contributed by atoms with Gasteiger partial charge >= 0.3 is 0 Å². The second-order valence-electron chi connectivity index (χ2n) is 6.89. The number of nitrogens with one attached hydrogen (secondary N) is 1. The van der Waals surface area contributed by atoms with Gasteiger partial charge in [-0.3, -0.25) is 9.69 Å². The van der Waals surface area contributed by atoms with Gasteiger partial charge in [-0.2, -0.15) is 5.10 Å². The third-order valence-electron chi connectivity index (χ3n) is 5.08. The van der Waals surface area contributed by atoms with Gasteiger partial charge in [-0.05, 0) is 36.8 Å². The number of hydrogen-bond acceptors (Lipinski definition) is 5. The molecule has 0 aromatic carbocycles. The van der Waals surface area contributed by atoms with Crippen molar-refractivity contribution in [1.82, 2.24) is 20.4 Å². The lowest BCUT2D eigenvalue weighted by Crippen LogP contribution is -2.43. The van der Waals surface area contributed by atoms with Crippen LogP contribution in [0.5, 0.6) is 0 Å². The highest BCUT2D eigenvalue weighted by Gasteiger charge is 2.38. The first-order valence-electron chi connectivity index (χ1n) is 8.55. The van der Waals surface area contributed by atoms with Gasteiger partial charge in [0.25, 0.3) is 5.91 Å². The van der Waals surface area contributed by atoms with Crippen molar-refractivity contribution in [2.75, 3.05) is 26.3 Å². The average Bonchev–Trinajstić information content (AvgIpc) is 3.00. The summed E-state index contributed by atoms with van der Waals surface area (Å²) >= 11 is 0. The molecule has 2 aliphatic heterocycles. The van der Waals surface area contributed by atoms with Crippen LogP contribution in [-0.4, -0.2) is 59.4 Å². The Balaban J connectivity index is 1.65. The van der Waals surface area contributed by atoms with Crippen LogP contribution in [0.2, 0.25) is 0 Å². The van der Waals surface area contributed by atoms with E-state index in [0.29, 0.717) is 23.6 Å². The summed E-state index contributed by atoms with van der Waals surface area (Å²) in [4.78, 5) is 14.9. The molecule has 3 heterocycles. The molecule has 2 saturated heterocycles. The fraction of sp³-hybridized carbons (Fsp3) is 0.706. The molecule has 6 nitrogen and oxygen atoms in total. The van der Waals surface area contributed by atoms with E-state index in [1.165, 1.54) is 0 Å². The predicted molar refractivity (Wildman–Crippen MR) is 87.0 cm³/mol. The molecule has 0 radical (unpaired) electrons. The number of nitrogens with zero attached hydrogens (tertiary/aromatic N) is 3. The van der Waals surface area contributed by atoms with E-state index < -0.39 is 0 Å². The van der Waals surface area contributed by atoms with Crippen molar-refractivity contribution in [3.63, 3.8) is 0 Å². The van der Waals surface area contributed by atoms with Crippen molar-refractivity contribution in [3.05, 3.63) is 24.0 Å². The predicted octanol–water partition coefficient (Wildman–Crippen LogP) is 1.34. The van der Waals surface area contributed by atoms with E-state index in [1.807, 2.05) is 0 Å². The molecule has 1 aromatic rings. The first-order chi connectivity index (χ1) is 11.1. The Labute approximate surface area is 137 Å². The van der Waals surface area contributed by atoms with Crippen molar-refractivity contribution >= 4 is 5.91 Å². The van der Waals surface area contributed by atoms with Gasteiger partial charge in [-0.1, -0.05) is 13.8 Å². The molecule has 23 heavy (non-hydrogen) atoms. The summed E-state index contributed by atoms with van der Waals surface area (Å²) in [6.07, 6.45) is 3.77. The first kappa shape index (κ1) is 16.3. The van der Waals surface area contributed by atoms with Crippen molar-refractivity contribution in [2.24, 2.45) is 11.8 Å². The normalized spacial score (nSPS) is 26.6. The van der Waals surface area contributed by atoms with E-state index >= 15 is 0 Å². The van der Waals surface area contributed by atoms with Crippen LogP contribution in [-0.2, 0) is 4.74 Å². The largest absolute Gasteiger partial charge is 0.381 e. The van der Waals surface area contributed by atoms with Crippen molar-refractivity contribution in [1.29, 1.82) is 0 Å². The molecule has 0 unspecified atom stereocenters. The Bertz CT molecular complexity index is 517. The zero-order valence-corrected chi connectivity index (χ0v) is 13.9. The van der Waals surface area contributed by atoms with E-state index in [1.54, 1.807) is 18.3 Å². The van der Waals surface area contributed by atoms with Gasteiger partial charge in [0.15, 0.2) is 5.69 Å². The second kappa shape index (κ2) is 7.36. The lowest BCUT2D eigenvalue weighted by atomic mass is 9.91. The highest BCUT2D eigenvalue weighted by molar-refractivity contribution is 5.92. The molecule has 2 atom stereocenters. The minimum Gasteiger partial charge on any atom is -0.381 e. The highest BCUT2D eigenvalue weighted by Crippen LogP contribution is 2.28. The van der Waals surface area contributed by atoms with Crippen molar-refractivity contribution in [2.45, 2.75) is 38.8 Å². The summed E-state index contributed by atoms with van der Waals surface area (Å²) in [5.41, 5.74) is 0.388. The number of aromatic nitrogens is 2. The fourth-order valence-corrected chi connectivity index (χ4v) is 3.70. The molecule has 3 rings (SSSR count). The van der Waals surface area contributed by atoms with Crippen LogP contribution in [0.15, 0.2) is 18.3 Å². The van der Waals surface area contributed by atoms with Gasteiger partial charge in [0, 0.05) is 44.6 Å². The molecule has 0 aliphatic carbocycles. The maximum absolute atomic E-state index is 12.4. The van der Waals surface area contributed by atoms with E-state index in [0.717, 1.165) is 39.1 Å². The Kier molecular flexibility index (Phi) is 5.23. The molecule has 1 aromatic heterocycles. The summed E-state index contributed by atoms with van der Waals surface area (Å²) < 4.78 is 5.47. The van der Waals surface area contributed by atoms with Crippen LogP contribution < -0.4 is 5.32 Å². The minimum atomic E-state index is -0.123. The Hall–Kier alpha value is -1.53. The zero-order valence-electron chi connectivity index (χ0n) is 13.9. The molecule has 0 bridgehead atoms. The van der Waals surface area contributed by atoms with Gasteiger partial charge in [-0.25, -0.2) is 0 Å². The molecule has 0 spiro atoms. The molecule has 1 N–H and O–H groups in total. The smallest absolute Gasteiger partial charge is 0.272 e. The Morgan fingerprint density at radius 1 is 1.35 bits per heavy atom. The summed E-state index contributed by atoms with van der Waals surface area (Å²) in [5.74, 6) is 0.882. The maximum atomic E-state index is 12.4. The number of carbonyl (C=O) groups is 1. The standard InChI is InChI=1S/C17H26N4O2/c1-12(2)14-10-21(13-5-8-23-9-6-13)11-16(14)19-17(22)15-4-3-7-18-20-15/h3-4,7,12-14,16H,5-6,8-11H2,1-2H3,(H,19,22)/t14-,16+/m1/s1. The maximum Gasteiger partial charge on any atom is 0.272 e. The minimum absolute atomic E-state index is 0.123. The summed E-state index contributed by atoms with van der Waals surface area (Å²) in [6, 6.07) is 4.21. The summed E-state index contributed by atoms with van der Waals surface area (Å²) in [5, 5.41) is 10.9. The SMILES string of the molecule is CC(C)[C@H]1CN(C2CCOCC2)C[C@@H]1NC(=O)c1cccnn1. The molecular formula is C17H26N4O2. The van der Waals surface area contributed by atoms with Crippen LogP contribution in [0.25, 0.3) is 0 Å². The summed E-state index contributed by atoms with van der Waals surface area (Å²) in [6.45, 7) is 8.14. The van der Waals surface area contributed by atoms with E-state index in [-0.39, 0.29) is 11.9 Å². The topological polar surface area (TPSA) is 67.3 Å². The zero-order chi connectivity index (χ0) is 16.2. The highest BCUT2D eigenvalue weighted by atomic mass is 16.5. The van der Waals surface area contributed by atoms with Crippen LogP contribution in [0.3, 0.4) is 0 Å². The number of hydrogen-bond donors (Lipinski definition) is 1. The van der Waals surface area contributed by atoms with Crippen LogP contribution in [0, 0.1) is 11.8 Å². The first-order valence-corrected chi connectivity index (χ1v) is 8.55. The lowest BCUT2D eigenvalue weighted by Gasteiger charge is -2.31. The van der Waals surface area contributed by atoms with Crippen LogP contribution in [0.4, 0.5) is 0 Å². The van der Waals surface area contributed by atoms with Gasteiger partial charge in [0.05, 0.1) is 0 Å². The number of ether oxygens (including phenoxy) is 1. The second-order valence-corrected chi connectivity index (χ2v) is 6.89. The molecule has 2 fully saturated rings. The number of carbonyl (C=O) groups excluding carboxylic acids is 1. The van der Waals surface area contributed by atoms with Gasteiger partial charge in [-0.15, -0.1) is 5.10 Å². The lowest BCUT2D eigenvalue weighted by molar-refractivity contribution is 0.0401. The Morgan fingerprint density at radius 3 is 2.78 bits per heavy atom. The van der Waals surface area contributed by atoms with Crippen LogP contribution in [0.1, 0.15) is 37.2 Å². The third kappa shape index (κ3) is 3.87. The molecule has 6 heteroatoms. The van der Waals surface area contributed by atoms with Gasteiger partial charge < -0.3 is 10.1 Å². The van der Waals surface area contributed by atoms with Crippen molar-refractivity contribution in [3.8, 4) is 0 Å². The monoisotopic (exact) mass is 318 g/mol. The fourth-order valence-electron chi connectivity index (χ4n) is 3.70. The molecule has 2 aliphatic rings. The molecule has 1 amide bonds. The van der Waals surface area contributed by atoms with Gasteiger partial charge in [0.2, 0.25) is 0 Å². The van der Waals surface area contributed by atoms with Gasteiger partial charge in [0.1, 0.15) is 0 Å². The average molecular weight is 318 g/mol. The number of likely N-dealkylation sites (tertiary alicyclic amines) is 1. The van der Waals surface area contributed by atoms with E-state index in [4.69, 9.17) is 4.74 Å². The third-order valence-corrected chi connectivity index (χ3v) is 5.08. The van der Waals surface area contributed by atoms with Crippen LogP contribution >= 0.6 is 0 Å². The molecule has 126 valence electrons. The van der Waals surface area contributed by atoms with Crippen molar-refractivity contribution < 1.29 is 9.53 Å². The molecule has 0 saturated carbocycles.